The molecular weight excluding hydrogens is 342 g/mol. The summed E-state index contributed by atoms with van der Waals surface area (Å²) in [5.41, 5.74) is 1.28. The largest absolute Gasteiger partial charge is 0.497 e. The van der Waals surface area contributed by atoms with Gasteiger partial charge in [-0.3, -0.25) is 4.79 Å². The number of aryl methyl sites for hydroxylation is 1. The Hall–Kier alpha value is -1.75. The fourth-order valence-corrected chi connectivity index (χ4v) is 2.95. The van der Waals surface area contributed by atoms with E-state index in [-0.39, 0.29) is 12.5 Å². The van der Waals surface area contributed by atoms with Crippen LogP contribution in [0, 0.1) is 0 Å². The van der Waals surface area contributed by atoms with Crippen LogP contribution in [0.25, 0.3) is 0 Å². The van der Waals surface area contributed by atoms with Crippen molar-refractivity contribution in [1.29, 1.82) is 0 Å². The Labute approximate surface area is 164 Å². The van der Waals surface area contributed by atoms with E-state index in [1.165, 1.54) is 24.8 Å². The zero-order valence-corrected chi connectivity index (χ0v) is 17.1. The first-order valence-corrected chi connectivity index (χ1v) is 10.4. The number of hydrogen-bond donors (Lipinski definition) is 2. The SMILES string of the molecule is CCCCCc1cc(OC)cc(OCCCCCCCC(=O)NCCO)c1. The summed E-state index contributed by atoms with van der Waals surface area (Å²) in [4.78, 5) is 11.4. The second-order valence-corrected chi connectivity index (χ2v) is 6.91. The maximum Gasteiger partial charge on any atom is 0.220 e. The Balaban J connectivity index is 2.18. The summed E-state index contributed by atoms with van der Waals surface area (Å²) in [5.74, 6) is 1.78. The maximum absolute atomic E-state index is 11.4. The molecule has 1 rings (SSSR count). The Kier molecular flexibility index (Phi) is 13.2. The molecule has 27 heavy (non-hydrogen) atoms. The number of ether oxygens (including phenoxy) is 2. The van der Waals surface area contributed by atoms with Crippen LogP contribution in [0.3, 0.4) is 0 Å². The molecule has 154 valence electrons. The molecule has 0 fully saturated rings. The topological polar surface area (TPSA) is 67.8 Å². The third-order valence-corrected chi connectivity index (χ3v) is 4.50. The molecule has 1 aromatic rings. The van der Waals surface area contributed by atoms with Crippen LogP contribution < -0.4 is 14.8 Å². The number of nitrogens with one attached hydrogen (secondary N) is 1. The van der Waals surface area contributed by atoms with Crippen LogP contribution in [0.1, 0.15) is 70.3 Å². The van der Waals surface area contributed by atoms with Crippen molar-refractivity contribution >= 4 is 5.91 Å². The van der Waals surface area contributed by atoms with Gasteiger partial charge in [0.2, 0.25) is 5.91 Å². The van der Waals surface area contributed by atoms with Gasteiger partial charge in [-0.1, -0.05) is 39.0 Å². The fourth-order valence-electron chi connectivity index (χ4n) is 2.95. The molecule has 0 heterocycles. The van der Waals surface area contributed by atoms with E-state index in [1.807, 2.05) is 6.07 Å². The minimum Gasteiger partial charge on any atom is -0.497 e. The van der Waals surface area contributed by atoms with E-state index in [9.17, 15) is 4.79 Å². The first-order valence-electron chi connectivity index (χ1n) is 10.4. The van der Waals surface area contributed by atoms with Gasteiger partial charge in [0.25, 0.3) is 0 Å². The number of amides is 1. The first-order chi connectivity index (χ1) is 13.2. The molecule has 0 unspecified atom stereocenters. The lowest BCUT2D eigenvalue weighted by molar-refractivity contribution is -0.121. The van der Waals surface area contributed by atoms with Crippen LogP contribution in [0.4, 0.5) is 0 Å². The number of benzene rings is 1. The van der Waals surface area contributed by atoms with Crippen LogP contribution in [-0.4, -0.2) is 37.9 Å². The van der Waals surface area contributed by atoms with E-state index in [0.29, 0.717) is 19.6 Å². The lowest BCUT2D eigenvalue weighted by Crippen LogP contribution is -2.25. The third-order valence-electron chi connectivity index (χ3n) is 4.50. The smallest absolute Gasteiger partial charge is 0.220 e. The molecular formula is C22H37NO4. The Bertz CT molecular complexity index is 519. The van der Waals surface area contributed by atoms with E-state index >= 15 is 0 Å². The molecule has 0 saturated heterocycles. The number of aliphatic hydroxyl groups is 1. The van der Waals surface area contributed by atoms with E-state index in [2.05, 4.69) is 24.4 Å². The number of unbranched alkanes of at least 4 members (excludes halogenated alkanes) is 6. The van der Waals surface area contributed by atoms with Crippen molar-refractivity contribution in [2.45, 2.75) is 71.1 Å². The van der Waals surface area contributed by atoms with Crippen molar-refractivity contribution in [1.82, 2.24) is 5.32 Å². The van der Waals surface area contributed by atoms with E-state index in [1.54, 1.807) is 7.11 Å². The van der Waals surface area contributed by atoms with Gasteiger partial charge in [0.05, 0.1) is 20.3 Å². The summed E-state index contributed by atoms with van der Waals surface area (Å²) < 4.78 is 11.3. The van der Waals surface area contributed by atoms with Gasteiger partial charge in [-0.05, 0) is 43.4 Å². The number of aliphatic hydroxyl groups excluding tert-OH is 1. The monoisotopic (exact) mass is 379 g/mol. The minimum atomic E-state index is -0.000732. The number of carbonyl (C=O) groups is 1. The Morgan fingerprint density at radius 1 is 1.00 bits per heavy atom. The summed E-state index contributed by atoms with van der Waals surface area (Å²) in [6.45, 7) is 3.27. The summed E-state index contributed by atoms with van der Waals surface area (Å²) in [5, 5.41) is 11.3. The second kappa shape index (κ2) is 15.3. The molecule has 0 radical (unpaired) electrons. The predicted octanol–water partition coefficient (Wildman–Crippen LogP) is 4.26. The van der Waals surface area contributed by atoms with Crippen LogP contribution in [0.5, 0.6) is 11.5 Å². The van der Waals surface area contributed by atoms with Gasteiger partial charge in [0, 0.05) is 19.0 Å². The Morgan fingerprint density at radius 2 is 1.74 bits per heavy atom. The second-order valence-electron chi connectivity index (χ2n) is 6.91. The highest BCUT2D eigenvalue weighted by Gasteiger charge is 2.04. The molecule has 0 aliphatic carbocycles. The van der Waals surface area contributed by atoms with Gasteiger partial charge in [-0.15, -0.1) is 0 Å². The van der Waals surface area contributed by atoms with E-state index in [4.69, 9.17) is 14.6 Å². The molecule has 0 aromatic heterocycles. The zero-order chi connectivity index (χ0) is 19.7. The number of hydrogen-bond acceptors (Lipinski definition) is 4. The highest BCUT2D eigenvalue weighted by Crippen LogP contribution is 2.24. The van der Waals surface area contributed by atoms with Gasteiger partial charge in [-0.2, -0.15) is 0 Å². The van der Waals surface area contributed by atoms with Crippen molar-refractivity contribution in [3.05, 3.63) is 23.8 Å². The van der Waals surface area contributed by atoms with Crippen molar-refractivity contribution in [3.8, 4) is 11.5 Å². The molecule has 1 amide bonds. The van der Waals surface area contributed by atoms with Gasteiger partial charge in [0.15, 0.2) is 0 Å². The van der Waals surface area contributed by atoms with Crippen LogP contribution in [0.2, 0.25) is 0 Å². The molecule has 5 heteroatoms. The fraction of sp³-hybridized carbons (Fsp3) is 0.682. The number of carbonyl (C=O) groups excluding carboxylic acids is 1. The number of rotatable bonds is 16. The maximum atomic E-state index is 11.4. The first kappa shape index (κ1) is 23.3. The average Bonchev–Trinajstić information content (AvgIpc) is 2.68. The van der Waals surface area contributed by atoms with Crippen molar-refractivity contribution in [2.24, 2.45) is 0 Å². The standard InChI is InChI=1S/C22H37NO4/c1-3-4-8-11-19-16-20(26-2)18-21(17-19)27-15-10-7-5-6-9-12-22(25)23-13-14-24/h16-18,24H,3-15H2,1-2H3,(H,23,25). The average molecular weight is 380 g/mol. The molecule has 0 bridgehead atoms. The molecule has 1 aromatic carbocycles. The molecule has 2 N–H and O–H groups in total. The highest BCUT2D eigenvalue weighted by molar-refractivity contribution is 5.75. The Morgan fingerprint density at radius 3 is 2.48 bits per heavy atom. The normalized spacial score (nSPS) is 10.6. The van der Waals surface area contributed by atoms with Gasteiger partial charge < -0.3 is 19.9 Å². The minimum absolute atomic E-state index is 0.000732. The van der Waals surface area contributed by atoms with Gasteiger partial charge in [-0.25, -0.2) is 0 Å². The highest BCUT2D eigenvalue weighted by atomic mass is 16.5. The summed E-state index contributed by atoms with van der Waals surface area (Å²) in [7, 11) is 1.69. The number of methoxy groups -OCH3 is 1. The lowest BCUT2D eigenvalue weighted by atomic mass is 10.1. The third kappa shape index (κ3) is 11.5. The molecule has 0 atom stereocenters. The molecule has 5 nitrogen and oxygen atoms in total. The van der Waals surface area contributed by atoms with Crippen LogP contribution >= 0.6 is 0 Å². The summed E-state index contributed by atoms with van der Waals surface area (Å²) in [6, 6.07) is 6.18. The summed E-state index contributed by atoms with van der Waals surface area (Å²) in [6.07, 6.45) is 10.4. The molecule has 0 saturated carbocycles. The van der Waals surface area contributed by atoms with Crippen molar-refractivity contribution < 1.29 is 19.4 Å². The quantitative estimate of drug-likeness (QED) is 0.421. The van der Waals surface area contributed by atoms with Crippen molar-refractivity contribution in [3.63, 3.8) is 0 Å². The van der Waals surface area contributed by atoms with Crippen LogP contribution in [0.15, 0.2) is 18.2 Å². The van der Waals surface area contributed by atoms with Gasteiger partial charge >= 0.3 is 0 Å². The lowest BCUT2D eigenvalue weighted by Gasteiger charge is -2.11. The van der Waals surface area contributed by atoms with E-state index in [0.717, 1.165) is 50.0 Å². The van der Waals surface area contributed by atoms with E-state index < -0.39 is 0 Å². The molecule has 0 spiro atoms. The molecule has 0 aliphatic rings. The molecule has 0 aliphatic heterocycles. The predicted molar refractivity (Wildman–Crippen MR) is 110 cm³/mol. The summed E-state index contributed by atoms with van der Waals surface area (Å²) >= 11 is 0. The van der Waals surface area contributed by atoms with Crippen molar-refractivity contribution in [2.75, 3.05) is 26.9 Å². The zero-order valence-electron chi connectivity index (χ0n) is 17.1. The van der Waals surface area contributed by atoms with Gasteiger partial charge in [0.1, 0.15) is 11.5 Å². The van der Waals surface area contributed by atoms with Crippen LogP contribution in [-0.2, 0) is 11.2 Å².